The van der Waals surface area contributed by atoms with Gasteiger partial charge >= 0.3 is 0 Å². The van der Waals surface area contributed by atoms with Gasteiger partial charge in [0.2, 0.25) is 0 Å². The van der Waals surface area contributed by atoms with Gasteiger partial charge in [-0.1, -0.05) is 56.1 Å². The lowest BCUT2D eigenvalue weighted by Gasteiger charge is -2.18. The molecule has 1 N–H and O–H groups in total. The smallest absolute Gasteiger partial charge is 0.0359 e. The van der Waals surface area contributed by atoms with Crippen LogP contribution in [0, 0.1) is 6.92 Å². The van der Waals surface area contributed by atoms with E-state index in [1.807, 2.05) is 7.05 Å². The Labute approximate surface area is 131 Å². The molecule has 2 aromatic carbocycles. The maximum absolute atomic E-state index is 3.55. The Hall–Kier alpha value is -0.640. The van der Waals surface area contributed by atoms with Gasteiger partial charge in [0.05, 0.1) is 0 Å². The van der Waals surface area contributed by atoms with E-state index in [0.717, 1.165) is 15.4 Å². The Morgan fingerprint density at radius 3 is 2.26 bits per heavy atom. The molecule has 0 aliphatic carbocycles. The molecule has 19 heavy (non-hydrogen) atoms. The Balaban J connectivity index is 2.28. The maximum atomic E-state index is 3.55. The zero-order valence-electron chi connectivity index (χ0n) is 11.1. The molecule has 2 rings (SSSR count). The molecule has 0 spiro atoms. The standard InChI is InChI=1S/C16H17Br2N/c1-11-5-3-4-6-12(11)9-16(19-2)13-7-14(17)10-15(18)8-13/h3-8,10,16,19H,9H2,1-2H3. The number of rotatable bonds is 4. The minimum Gasteiger partial charge on any atom is -0.313 e. The van der Waals surface area contributed by atoms with Gasteiger partial charge in [-0.3, -0.25) is 0 Å². The summed E-state index contributed by atoms with van der Waals surface area (Å²) in [4.78, 5) is 0. The van der Waals surface area contributed by atoms with Crippen LogP contribution in [0.5, 0.6) is 0 Å². The van der Waals surface area contributed by atoms with Crippen LogP contribution in [0.2, 0.25) is 0 Å². The molecule has 0 heterocycles. The van der Waals surface area contributed by atoms with E-state index in [0.29, 0.717) is 6.04 Å². The summed E-state index contributed by atoms with van der Waals surface area (Å²) in [5.41, 5.74) is 4.02. The highest BCUT2D eigenvalue weighted by Gasteiger charge is 2.12. The number of aryl methyl sites for hydroxylation is 1. The van der Waals surface area contributed by atoms with Crippen molar-refractivity contribution < 1.29 is 0 Å². The van der Waals surface area contributed by atoms with Crippen molar-refractivity contribution in [2.75, 3.05) is 7.05 Å². The van der Waals surface area contributed by atoms with Crippen molar-refractivity contribution in [1.82, 2.24) is 5.32 Å². The molecular formula is C16H17Br2N. The molecule has 1 unspecified atom stereocenters. The quantitative estimate of drug-likeness (QED) is 0.782. The van der Waals surface area contributed by atoms with Crippen LogP contribution >= 0.6 is 31.9 Å². The minimum absolute atomic E-state index is 0.315. The van der Waals surface area contributed by atoms with Crippen LogP contribution in [-0.4, -0.2) is 7.05 Å². The van der Waals surface area contributed by atoms with E-state index in [-0.39, 0.29) is 0 Å². The number of halogens is 2. The molecule has 0 fully saturated rings. The predicted octanol–water partition coefficient (Wildman–Crippen LogP) is 5.02. The number of nitrogens with one attached hydrogen (secondary N) is 1. The molecule has 1 nitrogen and oxygen atoms in total. The van der Waals surface area contributed by atoms with Crippen LogP contribution in [-0.2, 0) is 6.42 Å². The van der Waals surface area contributed by atoms with E-state index in [2.05, 4.69) is 86.6 Å². The molecule has 3 heteroatoms. The predicted molar refractivity (Wildman–Crippen MR) is 88.5 cm³/mol. The first-order valence-corrected chi connectivity index (χ1v) is 7.86. The Bertz CT molecular complexity index is 546. The zero-order chi connectivity index (χ0) is 13.8. The van der Waals surface area contributed by atoms with Gasteiger partial charge in [0.25, 0.3) is 0 Å². The third-order valence-electron chi connectivity index (χ3n) is 3.32. The van der Waals surface area contributed by atoms with Gasteiger partial charge in [-0.2, -0.15) is 0 Å². The number of hydrogen-bond acceptors (Lipinski definition) is 1. The van der Waals surface area contributed by atoms with Crippen LogP contribution in [0.15, 0.2) is 51.4 Å². The van der Waals surface area contributed by atoms with Crippen molar-refractivity contribution in [2.45, 2.75) is 19.4 Å². The molecule has 2 aromatic rings. The summed E-state index contributed by atoms with van der Waals surface area (Å²) in [5, 5.41) is 3.41. The molecule has 0 aliphatic rings. The Kier molecular flexibility index (Phi) is 5.20. The van der Waals surface area contributed by atoms with E-state index in [9.17, 15) is 0 Å². The molecule has 0 aliphatic heterocycles. The van der Waals surface area contributed by atoms with Gasteiger partial charge < -0.3 is 5.32 Å². The minimum atomic E-state index is 0.315. The molecule has 0 saturated carbocycles. The number of hydrogen-bond donors (Lipinski definition) is 1. The SMILES string of the molecule is CNC(Cc1ccccc1C)c1cc(Br)cc(Br)c1. The Morgan fingerprint density at radius 1 is 1.05 bits per heavy atom. The first-order chi connectivity index (χ1) is 9.10. The summed E-state index contributed by atoms with van der Waals surface area (Å²) in [6, 6.07) is 15.3. The third-order valence-corrected chi connectivity index (χ3v) is 4.24. The molecule has 100 valence electrons. The lowest BCUT2D eigenvalue weighted by atomic mass is 9.96. The van der Waals surface area contributed by atoms with E-state index in [4.69, 9.17) is 0 Å². The van der Waals surface area contributed by atoms with Crippen LogP contribution in [0.25, 0.3) is 0 Å². The topological polar surface area (TPSA) is 12.0 Å². The summed E-state index contributed by atoms with van der Waals surface area (Å²) in [6.45, 7) is 2.17. The highest BCUT2D eigenvalue weighted by molar-refractivity contribution is 9.11. The van der Waals surface area contributed by atoms with Crippen LogP contribution in [0.1, 0.15) is 22.7 Å². The van der Waals surface area contributed by atoms with Crippen molar-refractivity contribution in [3.05, 3.63) is 68.1 Å². The first-order valence-electron chi connectivity index (χ1n) is 6.28. The fourth-order valence-electron chi connectivity index (χ4n) is 2.22. The van der Waals surface area contributed by atoms with Gasteiger partial charge in [0.1, 0.15) is 0 Å². The van der Waals surface area contributed by atoms with Gasteiger partial charge in [0, 0.05) is 15.0 Å². The second-order valence-electron chi connectivity index (χ2n) is 4.67. The van der Waals surface area contributed by atoms with Crippen LogP contribution < -0.4 is 5.32 Å². The summed E-state index contributed by atoms with van der Waals surface area (Å²) >= 11 is 7.11. The van der Waals surface area contributed by atoms with E-state index in [1.165, 1.54) is 16.7 Å². The molecular weight excluding hydrogens is 366 g/mol. The number of benzene rings is 2. The average Bonchev–Trinajstić information content (AvgIpc) is 2.36. The highest BCUT2D eigenvalue weighted by atomic mass is 79.9. The maximum Gasteiger partial charge on any atom is 0.0359 e. The van der Waals surface area contributed by atoms with Crippen molar-refractivity contribution in [3.63, 3.8) is 0 Å². The monoisotopic (exact) mass is 381 g/mol. The normalized spacial score (nSPS) is 12.4. The number of likely N-dealkylation sites (N-methyl/N-ethyl adjacent to an activating group) is 1. The summed E-state index contributed by atoms with van der Waals surface area (Å²) < 4.78 is 2.20. The van der Waals surface area contributed by atoms with Crippen molar-refractivity contribution in [3.8, 4) is 0 Å². The van der Waals surface area contributed by atoms with Crippen LogP contribution in [0.4, 0.5) is 0 Å². The summed E-state index contributed by atoms with van der Waals surface area (Å²) in [5.74, 6) is 0. The lowest BCUT2D eigenvalue weighted by molar-refractivity contribution is 0.590. The fraction of sp³-hybridized carbons (Fsp3) is 0.250. The first kappa shape index (κ1) is 14.8. The van der Waals surface area contributed by atoms with E-state index < -0.39 is 0 Å². The van der Waals surface area contributed by atoms with Gasteiger partial charge in [-0.25, -0.2) is 0 Å². The molecule has 0 bridgehead atoms. The van der Waals surface area contributed by atoms with Crippen molar-refractivity contribution in [1.29, 1.82) is 0 Å². The van der Waals surface area contributed by atoms with Crippen molar-refractivity contribution >= 4 is 31.9 Å². The third kappa shape index (κ3) is 3.91. The fourth-order valence-corrected chi connectivity index (χ4v) is 3.55. The molecule has 0 amide bonds. The second-order valence-corrected chi connectivity index (χ2v) is 6.51. The Morgan fingerprint density at radius 2 is 1.68 bits per heavy atom. The molecule has 0 radical (unpaired) electrons. The average molecular weight is 383 g/mol. The summed E-state index contributed by atoms with van der Waals surface area (Å²) in [7, 11) is 2.01. The van der Waals surface area contributed by atoms with E-state index >= 15 is 0 Å². The lowest BCUT2D eigenvalue weighted by Crippen LogP contribution is -2.19. The molecule has 0 aromatic heterocycles. The molecule has 0 saturated heterocycles. The molecule has 1 atom stereocenters. The van der Waals surface area contributed by atoms with Crippen LogP contribution in [0.3, 0.4) is 0 Å². The van der Waals surface area contributed by atoms with E-state index in [1.54, 1.807) is 0 Å². The summed E-state index contributed by atoms with van der Waals surface area (Å²) in [6.07, 6.45) is 0.992. The van der Waals surface area contributed by atoms with Crippen molar-refractivity contribution in [2.24, 2.45) is 0 Å². The van der Waals surface area contributed by atoms with Gasteiger partial charge in [0.15, 0.2) is 0 Å². The van der Waals surface area contributed by atoms with Gasteiger partial charge in [-0.05, 0) is 55.3 Å². The second kappa shape index (κ2) is 6.69. The zero-order valence-corrected chi connectivity index (χ0v) is 14.3. The van der Waals surface area contributed by atoms with Gasteiger partial charge in [-0.15, -0.1) is 0 Å². The largest absolute Gasteiger partial charge is 0.313 e. The highest BCUT2D eigenvalue weighted by Crippen LogP contribution is 2.26.